The van der Waals surface area contributed by atoms with Crippen LogP contribution in [0.1, 0.15) is 41.6 Å². The number of ether oxygens (including phenoxy) is 2. The zero-order valence-corrected chi connectivity index (χ0v) is 15.0. The number of nitrogens with one attached hydrogen (secondary N) is 1. The first-order valence-electron chi connectivity index (χ1n) is 8.62. The lowest BCUT2D eigenvalue weighted by atomic mass is 9.96. The number of nitrogens with zero attached hydrogens (tertiary/aromatic N) is 2. The quantitative estimate of drug-likeness (QED) is 0.840. The molecule has 1 unspecified atom stereocenters. The van der Waals surface area contributed by atoms with Crippen LogP contribution < -0.4 is 14.8 Å². The van der Waals surface area contributed by atoms with Gasteiger partial charge in [-0.15, -0.1) is 0 Å². The van der Waals surface area contributed by atoms with Gasteiger partial charge in [-0.1, -0.05) is 0 Å². The van der Waals surface area contributed by atoms with Gasteiger partial charge in [-0.3, -0.25) is 0 Å². The number of aliphatic hydroxyl groups is 1. The summed E-state index contributed by atoms with van der Waals surface area (Å²) in [5, 5.41) is 13.9. The molecule has 0 aliphatic heterocycles. The molecule has 1 aromatic heterocycles. The summed E-state index contributed by atoms with van der Waals surface area (Å²) in [6.45, 7) is 2.27. The van der Waals surface area contributed by atoms with E-state index in [0.717, 1.165) is 42.2 Å². The molecule has 6 nitrogen and oxygen atoms in total. The van der Waals surface area contributed by atoms with Crippen molar-refractivity contribution < 1.29 is 14.6 Å². The third-order valence-electron chi connectivity index (χ3n) is 4.52. The van der Waals surface area contributed by atoms with Gasteiger partial charge in [0.2, 0.25) is 0 Å². The minimum atomic E-state index is -0.696. The monoisotopic (exact) mass is 343 g/mol. The van der Waals surface area contributed by atoms with Gasteiger partial charge < -0.3 is 19.9 Å². The van der Waals surface area contributed by atoms with Crippen molar-refractivity contribution in [1.82, 2.24) is 9.97 Å². The van der Waals surface area contributed by atoms with E-state index in [1.807, 2.05) is 19.1 Å². The van der Waals surface area contributed by atoms with E-state index in [1.54, 1.807) is 20.3 Å². The van der Waals surface area contributed by atoms with E-state index in [-0.39, 0.29) is 0 Å². The summed E-state index contributed by atoms with van der Waals surface area (Å²) >= 11 is 0. The van der Waals surface area contributed by atoms with E-state index in [1.165, 1.54) is 12.0 Å². The minimum absolute atomic E-state index is 0.360. The number of aromatic nitrogens is 2. The van der Waals surface area contributed by atoms with Crippen molar-refractivity contribution in [3.8, 4) is 11.5 Å². The molecular weight excluding hydrogens is 318 g/mol. The number of aryl methyl sites for hydroxylation is 2. The summed E-state index contributed by atoms with van der Waals surface area (Å²) in [7, 11) is 3.19. The Morgan fingerprint density at radius 3 is 2.44 bits per heavy atom. The molecule has 2 N–H and O–H groups in total. The summed E-state index contributed by atoms with van der Waals surface area (Å²) in [5.74, 6) is 2.92. The average molecular weight is 343 g/mol. The molecule has 134 valence electrons. The predicted octanol–water partition coefficient (Wildman–Crippen LogP) is 2.83. The summed E-state index contributed by atoms with van der Waals surface area (Å²) in [5.41, 5.74) is 3.06. The highest BCUT2D eigenvalue weighted by molar-refractivity contribution is 5.48. The lowest BCUT2D eigenvalue weighted by molar-refractivity contribution is 0.190. The number of methoxy groups -OCH3 is 2. The molecule has 2 aromatic rings. The molecule has 0 saturated carbocycles. The Kier molecular flexibility index (Phi) is 5.38. The Bertz CT molecular complexity index is 727. The van der Waals surface area contributed by atoms with Crippen molar-refractivity contribution in [3.63, 3.8) is 0 Å². The molecule has 1 atom stereocenters. The second-order valence-corrected chi connectivity index (χ2v) is 6.29. The van der Waals surface area contributed by atoms with Gasteiger partial charge in [-0.25, -0.2) is 9.97 Å². The van der Waals surface area contributed by atoms with Crippen LogP contribution in [0.5, 0.6) is 11.5 Å². The third kappa shape index (κ3) is 4.02. The normalized spacial score (nSPS) is 14.6. The average Bonchev–Trinajstić information content (AvgIpc) is 2.65. The van der Waals surface area contributed by atoms with Crippen LogP contribution in [0.15, 0.2) is 18.2 Å². The molecule has 0 fully saturated rings. The summed E-state index contributed by atoms with van der Waals surface area (Å²) in [6.07, 6.45) is 3.63. The van der Waals surface area contributed by atoms with Gasteiger partial charge >= 0.3 is 0 Å². The van der Waals surface area contributed by atoms with Gasteiger partial charge in [0, 0.05) is 23.9 Å². The van der Waals surface area contributed by atoms with Gasteiger partial charge in [-0.05, 0) is 50.3 Å². The third-order valence-corrected chi connectivity index (χ3v) is 4.52. The van der Waals surface area contributed by atoms with Gasteiger partial charge in [0.25, 0.3) is 0 Å². The van der Waals surface area contributed by atoms with Crippen molar-refractivity contribution in [2.75, 3.05) is 26.1 Å². The first-order chi connectivity index (χ1) is 12.1. The predicted molar refractivity (Wildman–Crippen MR) is 96.4 cm³/mol. The van der Waals surface area contributed by atoms with Crippen molar-refractivity contribution in [1.29, 1.82) is 0 Å². The van der Waals surface area contributed by atoms with Crippen LogP contribution in [0.25, 0.3) is 0 Å². The maximum Gasteiger partial charge on any atom is 0.133 e. The number of anilines is 1. The maximum absolute atomic E-state index is 10.6. The number of fused-ring (bicyclic) bond motifs is 1. The summed E-state index contributed by atoms with van der Waals surface area (Å²) < 4.78 is 10.5. The topological polar surface area (TPSA) is 76.5 Å². The Balaban J connectivity index is 1.77. The summed E-state index contributed by atoms with van der Waals surface area (Å²) in [6, 6.07) is 5.42. The first kappa shape index (κ1) is 17.5. The van der Waals surface area contributed by atoms with Crippen molar-refractivity contribution in [3.05, 3.63) is 40.8 Å². The van der Waals surface area contributed by atoms with Crippen molar-refractivity contribution >= 4 is 5.82 Å². The van der Waals surface area contributed by atoms with E-state index in [4.69, 9.17) is 9.47 Å². The fourth-order valence-electron chi connectivity index (χ4n) is 3.20. The standard InChI is InChI=1S/C19H25N3O3/c1-12-21-17-7-5-4-6-16(17)19(22-12)20-11-18(23)13-8-14(24-2)10-15(9-13)25-3/h8-10,18,23H,4-7,11H2,1-3H3,(H,20,21,22). The number of hydrogen-bond donors (Lipinski definition) is 2. The van der Waals surface area contributed by atoms with Crippen LogP contribution >= 0.6 is 0 Å². The van der Waals surface area contributed by atoms with Gasteiger partial charge in [-0.2, -0.15) is 0 Å². The highest BCUT2D eigenvalue weighted by Crippen LogP contribution is 2.28. The maximum atomic E-state index is 10.6. The van der Waals surface area contributed by atoms with Crippen molar-refractivity contribution in [2.45, 2.75) is 38.7 Å². The second-order valence-electron chi connectivity index (χ2n) is 6.29. The molecule has 6 heteroatoms. The number of aliphatic hydroxyl groups excluding tert-OH is 1. The minimum Gasteiger partial charge on any atom is -0.497 e. The molecule has 0 saturated heterocycles. The Hall–Kier alpha value is -2.34. The second kappa shape index (κ2) is 7.70. The molecule has 1 aliphatic carbocycles. The van der Waals surface area contributed by atoms with Gasteiger partial charge in [0.05, 0.1) is 20.3 Å². The Morgan fingerprint density at radius 2 is 1.76 bits per heavy atom. The van der Waals surface area contributed by atoms with E-state index < -0.39 is 6.10 Å². The molecule has 0 bridgehead atoms. The van der Waals surface area contributed by atoms with E-state index in [0.29, 0.717) is 18.0 Å². The number of benzene rings is 1. The van der Waals surface area contributed by atoms with Crippen LogP contribution in [0.3, 0.4) is 0 Å². The van der Waals surface area contributed by atoms with Gasteiger partial charge in [0.15, 0.2) is 0 Å². The van der Waals surface area contributed by atoms with E-state index >= 15 is 0 Å². The first-order valence-corrected chi connectivity index (χ1v) is 8.62. The van der Waals surface area contributed by atoms with E-state index in [9.17, 15) is 5.11 Å². The molecule has 1 aliphatic rings. The Morgan fingerprint density at radius 1 is 1.08 bits per heavy atom. The van der Waals surface area contributed by atoms with E-state index in [2.05, 4.69) is 15.3 Å². The summed E-state index contributed by atoms with van der Waals surface area (Å²) in [4.78, 5) is 9.10. The SMILES string of the molecule is COc1cc(OC)cc(C(O)CNc2nc(C)nc3c2CCCC3)c1. The zero-order valence-electron chi connectivity index (χ0n) is 15.0. The fraction of sp³-hybridized carbons (Fsp3) is 0.474. The molecule has 0 radical (unpaired) electrons. The van der Waals surface area contributed by atoms with Crippen molar-refractivity contribution in [2.24, 2.45) is 0 Å². The van der Waals surface area contributed by atoms with Crippen LogP contribution in [-0.2, 0) is 12.8 Å². The molecule has 3 rings (SSSR count). The lowest BCUT2D eigenvalue weighted by Crippen LogP contribution is -2.18. The largest absolute Gasteiger partial charge is 0.497 e. The molecule has 0 amide bonds. The van der Waals surface area contributed by atoms with Crippen LogP contribution in [0.2, 0.25) is 0 Å². The molecule has 1 aromatic carbocycles. The van der Waals surface area contributed by atoms with Crippen LogP contribution in [-0.4, -0.2) is 35.8 Å². The number of rotatable bonds is 6. The molecule has 25 heavy (non-hydrogen) atoms. The Labute approximate surface area is 148 Å². The number of hydrogen-bond acceptors (Lipinski definition) is 6. The highest BCUT2D eigenvalue weighted by Gasteiger charge is 2.18. The zero-order chi connectivity index (χ0) is 17.8. The lowest BCUT2D eigenvalue weighted by Gasteiger charge is -2.20. The molecule has 0 spiro atoms. The molecule has 1 heterocycles. The molecular formula is C19H25N3O3. The van der Waals surface area contributed by atoms with Gasteiger partial charge in [0.1, 0.15) is 23.1 Å². The van der Waals surface area contributed by atoms with Crippen LogP contribution in [0, 0.1) is 6.92 Å². The fourth-order valence-corrected chi connectivity index (χ4v) is 3.20. The van der Waals surface area contributed by atoms with Crippen LogP contribution in [0.4, 0.5) is 5.82 Å². The highest BCUT2D eigenvalue weighted by atomic mass is 16.5. The smallest absolute Gasteiger partial charge is 0.133 e.